The zero-order valence-corrected chi connectivity index (χ0v) is 14.5. The number of para-hydroxylation sites is 1. The molecule has 0 atom stereocenters. The van der Waals surface area contributed by atoms with Crippen molar-refractivity contribution in [3.8, 4) is 0 Å². The molecule has 0 bridgehead atoms. The largest absolute Gasteiger partial charge is 0.298 e. The van der Waals surface area contributed by atoms with Crippen molar-refractivity contribution >= 4 is 54.1 Å². The summed E-state index contributed by atoms with van der Waals surface area (Å²) in [7, 11) is 6.49. The fraction of sp³-hybridized carbons (Fsp3) is 0.333. The molecule has 96 valence electrons. The molecule has 1 aromatic rings. The first-order chi connectivity index (χ1) is 7.61. The van der Waals surface area contributed by atoms with Crippen molar-refractivity contribution in [2.24, 2.45) is 14.3 Å². The van der Waals surface area contributed by atoms with Crippen LogP contribution in [0.5, 0.6) is 0 Å². The Balaban J connectivity index is -0.000000245. The van der Waals surface area contributed by atoms with E-state index in [0.717, 1.165) is 4.48 Å². The Kier molecular flexibility index (Phi) is 21.1. The highest BCUT2D eigenvalue weighted by atomic mass is 79.9. The molecule has 7 heteroatoms. The molecule has 0 radical (unpaired) electrons. The van der Waals surface area contributed by atoms with Crippen LogP contribution in [0.3, 0.4) is 0 Å². The Morgan fingerprint density at radius 3 is 1.25 bits per heavy atom. The summed E-state index contributed by atoms with van der Waals surface area (Å²) in [4.78, 5) is 0. The minimum atomic E-state index is 0.890. The van der Waals surface area contributed by atoms with E-state index in [4.69, 9.17) is 0 Å². The quantitative estimate of drug-likeness (QED) is 0.480. The molecule has 6 N–H and O–H groups in total. The molecule has 0 amide bonds. The minimum Gasteiger partial charge on any atom is -0.298 e. The number of nitrogens with zero attached hydrogens (tertiary/aromatic N) is 1. The second-order valence-electron chi connectivity index (χ2n) is 3.35. The van der Waals surface area contributed by atoms with Crippen LogP contribution >= 0.6 is 48.4 Å². The molecule has 1 aromatic carbocycles. The normalized spacial score (nSPS) is 8.31. The molecule has 16 heavy (non-hydrogen) atoms. The van der Waals surface area contributed by atoms with Gasteiger partial charge in [0.05, 0.1) is 21.1 Å². The Bertz CT molecular complexity index is 214. The highest BCUT2D eigenvalue weighted by Gasteiger charge is 2.08. The third-order valence-corrected chi connectivity index (χ3v) is 1.53. The average Bonchev–Trinajstić information content (AvgIpc) is 2.37. The maximum atomic E-state index is 4.31. The number of hydrogen-bond donors (Lipinski definition) is 3. The summed E-state index contributed by atoms with van der Waals surface area (Å²) in [5, 5.41) is 0. The molecule has 0 aromatic heterocycles. The van der Waals surface area contributed by atoms with Gasteiger partial charge >= 0.3 is 0 Å². The maximum Gasteiger partial charge on any atom is 0.132 e. The lowest BCUT2D eigenvalue weighted by molar-refractivity contribution is 0.486. The lowest BCUT2D eigenvalue weighted by atomic mass is 10.3. The van der Waals surface area contributed by atoms with E-state index < -0.39 is 0 Å². The van der Waals surface area contributed by atoms with Gasteiger partial charge in [0.15, 0.2) is 0 Å². The van der Waals surface area contributed by atoms with Gasteiger partial charge in [-0.3, -0.25) is 18.8 Å². The van der Waals surface area contributed by atoms with Gasteiger partial charge in [-0.05, 0) is 12.1 Å². The van der Waals surface area contributed by atoms with E-state index in [2.05, 4.69) is 108 Å². The molecule has 0 aliphatic heterocycles. The number of benzene rings is 1. The minimum absolute atomic E-state index is 0.890. The lowest BCUT2D eigenvalue weighted by Gasteiger charge is -2.22. The van der Waals surface area contributed by atoms with Gasteiger partial charge in [0, 0.05) is 48.4 Å². The number of nitrogens with two attached hydrogens (primary N) is 3. The number of rotatable bonds is 1. The van der Waals surface area contributed by atoms with Crippen LogP contribution in [0.1, 0.15) is 0 Å². The van der Waals surface area contributed by atoms with E-state index in [1.807, 2.05) is 6.07 Å². The first-order valence-corrected chi connectivity index (χ1v) is 6.88. The van der Waals surface area contributed by atoms with Crippen LogP contribution in [0.2, 0.25) is 0 Å². The summed E-state index contributed by atoms with van der Waals surface area (Å²) in [5.74, 6) is 0. The van der Waals surface area contributed by atoms with Crippen LogP contribution in [0.15, 0.2) is 30.3 Å². The standard InChI is InChI=1S/C9H14N.3BrH2N/c1-10(2,3)9-7-5-4-6-8-9;3*1-2/h4-8H,1-3H3;3*2H2/q+1;;;. The van der Waals surface area contributed by atoms with E-state index in [0.29, 0.717) is 0 Å². The van der Waals surface area contributed by atoms with Crippen molar-refractivity contribution in [1.29, 1.82) is 0 Å². The molecule has 0 saturated heterocycles. The summed E-state index contributed by atoms with van der Waals surface area (Å²) in [6.07, 6.45) is 0. The Morgan fingerprint density at radius 1 is 0.750 bits per heavy atom. The summed E-state index contributed by atoms with van der Waals surface area (Å²) in [6, 6.07) is 10.5. The number of halogens is 3. The van der Waals surface area contributed by atoms with E-state index >= 15 is 0 Å². The van der Waals surface area contributed by atoms with Crippen molar-refractivity contribution < 1.29 is 0 Å². The third kappa shape index (κ3) is 12.6. The van der Waals surface area contributed by atoms with E-state index in [1.54, 1.807) is 0 Å². The second kappa shape index (κ2) is 15.5. The van der Waals surface area contributed by atoms with Crippen LogP contribution in [0.25, 0.3) is 0 Å². The SMILES string of the molecule is C[N+](C)(C)c1ccccc1.NBr.NBr.NBr. The van der Waals surface area contributed by atoms with E-state index in [9.17, 15) is 0 Å². The third-order valence-electron chi connectivity index (χ3n) is 1.53. The van der Waals surface area contributed by atoms with Crippen LogP contribution < -0.4 is 18.8 Å². The predicted molar refractivity (Wildman–Crippen MR) is 85.4 cm³/mol. The van der Waals surface area contributed by atoms with Gasteiger partial charge in [0.1, 0.15) is 5.69 Å². The molecule has 0 fully saturated rings. The van der Waals surface area contributed by atoms with Gasteiger partial charge in [0.2, 0.25) is 0 Å². The monoisotopic (exact) mass is 421 g/mol. The summed E-state index contributed by atoms with van der Waals surface area (Å²) >= 11 is 7.31. The molecule has 1 rings (SSSR count). The smallest absolute Gasteiger partial charge is 0.132 e. The zero-order chi connectivity index (χ0) is 13.6. The molecule has 4 nitrogen and oxygen atoms in total. The molecule has 0 aliphatic carbocycles. The van der Waals surface area contributed by atoms with Gasteiger partial charge in [-0.1, -0.05) is 18.2 Å². The first kappa shape index (κ1) is 21.8. The topological polar surface area (TPSA) is 78.1 Å². The van der Waals surface area contributed by atoms with Crippen molar-refractivity contribution in [1.82, 2.24) is 4.48 Å². The Labute approximate surface area is 124 Å². The van der Waals surface area contributed by atoms with Gasteiger partial charge in [0.25, 0.3) is 0 Å². The van der Waals surface area contributed by atoms with Crippen LogP contribution in [0, 0.1) is 0 Å². The molecular weight excluding hydrogens is 404 g/mol. The molecule has 0 heterocycles. The number of hydrogen-bond acceptors (Lipinski definition) is 3. The highest BCUT2D eigenvalue weighted by Crippen LogP contribution is 2.14. The lowest BCUT2D eigenvalue weighted by Crippen LogP contribution is -2.34. The van der Waals surface area contributed by atoms with E-state index in [1.165, 1.54) is 5.69 Å². The highest BCUT2D eigenvalue weighted by molar-refractivity contribution is 9.08. The molecule has 0 spiro atoms. The summed E-state index contributed by atoms with van der Waals surface area (Å²) in [5.41, 5.74) is 1.34. The van der Waals surface area contributed by atoms with Crippen molar-refractivity contribution in [2.45, 2.75) is 0 Å². The van der Waals surface area contributed by atoms with Crippen molar-refractivity contribution in [3.63, 3.8) is 0 Å². The predicted octanol–water partition coefficient (Wildman–Crippen LogP) is 2.65. The van der Waals surface area contributed by atoms with Gasteiger partial charge < -0.3 is 0 Å². The van der Waals surface area contributed by atoms with Gasteiger partial charge in [-0.2, -0.15) is 0 Å². The zero-order valence-electron chi connectivity index (χ0n) is 9.70. The van der Waals surface area contributed by atoms with Crippen LogP contribution in [-0.4, -0.2) is 21.1 Å². The van der Waals surface area contributed by atoms with E-state index in [-0.39, 0.29) is 0 Å². The fourth-order valence-electron chi connectivity index (χ4n) is 0.875. The van der Waals surface area contributed by atoms with Gasteiger partial charge in [-0.15, -0.1) is 0 Å². The second-order valence-corrected chi connectivity index (χ2v) is 3.35. The van der Waals surface area contributed by atoms with Crippen LogP contribution in [-0.2, 0) is 0 Å². The molecular formula is C9H20Br3N4+. The summed E-state index contributed by atoms with van der Waals surface area (Å²) in [6.45, 7) is 0. The Hall–Kier alpha value is 0.500. The van der Waals surface area contributed by atoms with Crippen molar-refractivity contribution in [2.75, 3.05) is 21.1 Å². The Morgan fingerprint density at radius 2 is 1.06 bits per heavy atom. The summed E-state index contributed by atoms with van der Waals surface area (Å²) < 4.78 is 13.8. The van der Waals surface area contributed by atoms with Crippen molar-refractivity contribution in [3.05, 3.63) is 30.3 Å². The number of quaternary nitrogens is 1. The molecule has 0 aliphatic rings. The molecule has 0 saturated carbocycles. The first-order valence-electron chi connectivity index (χ1n) is 4.13. The van der Waals surface area contributed by atoms with Crippen LogP contribution in [0.4, 0.5) is 5.69 Å². The molecule has 0 unspecified atom stereocenters. The van der Waals surface area contributed by atoms with Gasteiger partial charge in [-0.25, -0.2) is 0 Å². The fourth-order valence-corrected chi connectivity index (χ4v) is 0.875. The maximum absolute atomic E-state index is 4.31. The average molecular weight is 424 g/mol.